The fraction of sp³-hybridized carbons (Fsp3) is 0.700. The lowest BCUT2D eigenvalue weighted by Crippen LogP contribution is -2.42. The molecular formula is C20H35N. The molecule has 1 saturated heterocycles. The van der Waals surface area contributed by atoms with Gasteiger partial charge in [-0.3, -0.25) is 0 Å². The van der Waals surface area contributed by atoms with Gasteiger partial charge >= 0.3 is 0 Å². The predicted molar refractivity (Wildman–Crippen MR) is 95.4 cm³/mol. The molecule has 2 fully saturated rings. The number of hydrogen-bond donors (Lipinski definition) is 0. The third-order valence-electron chi connectivity index (χ3n) is 4.66. The minimum absolute atomic E-state index is 0.706. The number of nitrogens with zero attached hydrogens (tertiary/aromatic N) is 1. The van der Waals surface area contributed by atoms with E-state index in [0.717, 1.165) is 12.5 Å². The zero-order valence-electron chi connectivity index (χ0n) is 14.9. The summed E-state index contributed by atoms with van der Waals surface area (Å²) in [7, 11) is 0. The molecule has 0 aromatic rings. The Morgan fingerprint density at radius 3 is 2.33 bits per heavy atom. The van der Waals surface area contributed by atoms with E-state index in [-0.39, 0.29) is 0 Å². The largest absolute Gasteiger partial charge is 0.368 e. The van der Waals surface area contributed by atoms with Crippen molar-refractivity contribution >= 4 is 0 Å². The Kier molecular flexibility index (Phi) is 7.85. The number of allylic oxidation sites excluding steroid dienone is 3. The number of likely N-dealkylation sites (tertiary alicyclic amines) is 1. The minimum atomic E-state index is 0.706. The van der Waals surface area contributed by atoms with E-state index in [1.807, 2.05) is 0 Å². The van der Waals surface area contributed by atoms with Crippen molar-refractivity contribution in [1.82, 2.24) is 4.90 Å². The average Bonchev–Trinajstić information content (AvgIpc) is 2.42. The van der Waals surface area contributed by atoms with Gasteiger partial charge in [-0.25, -0.2) is 0 Å². The molecule has 1 nitrogen and oxygen atoms in total. The maximum atomic E-state index is 4.03. The van der Waals surface area contributed by atoms with Gasteiger partial charge in [-0.05, 0) is 52.4 Å². The highest BCUT2D eigenvalue weighted by molar-refractivity contribution is 5.12. The molecule has 21 heavy (non-hydrogen) atoms. The Bertz CT molecular complexity index is 381. The van der Waals surface area contributed by atoms with E-state index in [1.165, 1.54) is 49.8 Å². The molecule has 120 valence electrons. The second-order valence-electron chi connectivity index (χ2n) is 6.89. The molecule has 1 atom stereocenters. The predicted octanol–water partition coefficient (Wildman–Crippen LogP) is 6.09. The third-order valence-corrected chi connectivity index (χ3v) is 4.66. The molecule has 2 rings (SSSR count). The molecule has 1 heterocycles. The van der Waals surface area contributed by atoms with Gasteiger partial charge in [0, 0.05) is 24.7 Å². The lowest BCUT2D eigenvalue weighted by Gasteiger charge is -2.42. The lowest BCUT2D eigenvalue weighted by molar-refractivity contribution is 0.193. The average molecular weight is 290 g/mol. The van der Waals surface area contributed by atoms with Gasteiger partial charge in [-0.2, -0.15) is 0 Å². The van der Waals surface area contributed by atoms with Crippen molar-refractivity contribution < 1.29 is 0 Å². The van der Waals surface area contributed by atoms with Gasteiger partial charge in [-0.15, -0.1) is 0 Å². The first-order valence-corrected chi connectivity index (χ1v) is 8.72. The maximum Gasteiger partial charge on any atom is 0.0362 e. The minimum Gasteiger partial charge on any atom is -0.368 e. The van der Waals surface area contributed by atoms with E-state index < -0.39 is 0 Å². The summed E-state index contributed by atoms with van der Waals surface area (Å²) in [5.74, 6) is 0.978. The van der Waals surface area contributed by atoms with Crippen molar-refractivity contribution in [2.24, 2.45) is 5.92 Å². The first-order valence-electron chi connectivity index (χ1n) is 8.72. The normalized spacial score (nSPS) is 24.8. The van der Waals surface area contributed by atoms with Gasteiger partial charge in [0.1, 0.15) is 0 Å². The van der Waals surface area contributed by atoms with Gasteiger partial charge in [0.25, 0.3) is 0 Å². The monoisotopic (exact) mass is 289 g/mol. The SMILES string of the molecule is C=C1CC(C)N1C/C=C(/C)CCCC.CC=C1CC(C)C1. The van der Waals surface area contributed by atoms with Gasteiger partial charge in [-0.1, -0.05) is 50.1 Å². The molecule has 0 N–H and O–H groups in total. The lowest BCUT2D eigenvalue weighted by atomic mass is 9.82. The van der Waals surface area contributed by atoms with E-state index in [2.05, 4.69) is 58.2 Å². The van der Waals surface area contributed by atoms with E-state index in [1.54, 1.807) is 5.57 Å². The third kappa shape index (κ3) is 6.11. The zero-order chi connectivity index (χ0) is 15.8. The van der Waals surface area contributed by atoms with Crippen LogP contribution in [0.15, 0.2) is 35.6 Å². The molecule has 0 aromatic carbocycles. The maximum absolute atomic E-state index is 4.03. The summed E-state index contributed by atoms with van der Waals surface area (Å²) in [5, 5.41) is 0. The van der Waals surface area contributed by atoms with E-state index in [9.17, 15) is 0 Å². The summed E-state index contributed by atoms with van der Waals surface area (Å²) >= 11 is 0. The van der Waals surface area contributed by atoms with Crippen LogP contribution >= 0.6 is 0 Å². The smallest absolute Gasteiger partial charge is 0.0362 e. The zero-order valence-corrected chi connectivity index (χ0v) is 14.9. The molecule has 1 aliphatic heterocycles. The van der Waals surface area contributed by atoms with E-state index in [0.29, 0.717) is 6.04 Å². The number of hydrogen-bond acceptors (Lipinski definition) is 1. The fourth-order valence-corrected chi connectivity index (χ4v) is 2.96. The van der Waals surface area contributed by atoms with Crippen molar-refractivity contribution in [3.63, 3.8) is 0 Å². The quantitative estimate of drug-likeness (QED) is 0.553. The van der Waals surface area contributed by atoms with E-state index in [4.69, 9.17) is 0 Å². The molecule has 2 aliphatic rings. The van der Waals surface area contributed by atoms with E-state index >= 15 is 0 Å². The first kappa shape index (κ1) is 18.1. The summed E-state index contributed by atoms with van der Waals surface area (Å²) in [6, 6.07) is 0.706. The number of unbranched alkanes of at least 4 members (excludes halogenated alkanes) is 1. The van der Waals surface area contributed by atoms with Gasteiger partial charge < -0.3 is 4.90 Å². The van der Waals surface area contributed by atoms with Crippen LogP contribution in [0.2, 0.25) is 0 Å². The molecule has 1 saturated carbocycles. The van der Waals surface area contributed by atoms with Crippen LogP contribution in [0.3, 0.4) is 0 Å². The van der Waals surface area contributed by atoms with Crippen LogP contribution in [0.25, 0.3) is 0 Å². The standard InChI is InChI=1S/C13H23N.C7H12/c1-5-6-7-11(2)8-9-14-12(3)10-13(14)4;1-3-7-4-6(2)5-7/h8,13H,3,5-7,9-10H2,1-2,4H3;3,6H,4-5H2,1-2H3/b11-8-;. The Labute approximate surface area is 132 Å². The van der Waals surface area contributed by atoms with Crippen molar-refractivity contribution in [1.29, 1.82) is 0 Å². The summed E-state index contributed by atoms with van der Waals surface area (Å²) in [4.78, 5) is 2.38. The Morgan fingerprint density at radius 1 is 1.29 bits per heavy atom. The summed E-state index contributed by atoms with van der Waals surface area (Å²) in [6.07, 6.45) is 12.4. The van der Waals surface area contributed by atoms with Gasteiger partial charge in [0.15, 0.2) is 0 Å². The highest BCUT2D eigenvalue weighted by Crippen LogP contribution is 2.31. The first-order chi connectivity index (χ1) is 9.97. The molecule has 0 amide bonds. The molecule has 0 spiro atoms. The molecule has 1 aliphatic carbocycles. The molecule has 1 unspecified atom stereocenters. The van der Waals surface area contributed by atoms with Crippen LogP contribution in [-0.2, 0) is 0 Å². The molecule has 1 heteroatoms. The van der Waals surface area contributed by atoms with Crippen molar-refractivity contribution in [2.45, 2.75) is 79.2 Å². The van der Waals surface area contributed by atoms with Crippen LogP contribution < -0.4 is 0 Å². The molecule has 0 radical (unpaired) electrons. The summed E-state index contributed by atoms with van der Waals surface area (Å²) in [6.45, 7) is 16.3. The van der Waals surface area contributed by atoms with Crippen LogP contribution in [-0.4, -0.2) is 17.5 Å². The Balaban J connectivity index is 0.000000262. The highest BCUT2D eigenvalue weighted by Gasteiger charge is 2.25. The number of rotatable bonds is 5. The van der Waals surface area contributed by atoms with Gasteiger partial charge in [0.2, 0.25) is 0 Å². The molecular weight excluding hydrogens is 254 g/mol. The second kappa shape index (κ2) is 9.12. The van der Waals surface area contributed by atoms with Crippen LogP contribution in [0.1, 0.15) is 73.1 Å². The molecule has 0 bridgehead atoms. The second-order valence-corrected chi connectivity index (χ2v) is 6.89. The van der Waals surface area contributed by atoms with Crippen LogP contribution in [0.5, 0.6) is 0 Å². The summed E-state index contributed by atoms with van der Waals surface area (Å²) < 4.78 is 0. The fourth-order valence-electron chi connectivity index (χ4n) is 2.96. The Hall–Kier alpha value is -0.980. The van der Waals surface area contributed by atoms with Gasteiger partial charge in [0.05, 0.1) is 0 Å². The molecule has 0 aromatic heterocycles. The van der Waals surface area contributed by atoms with Crippen molar-refractivity contribution in [2.75, 3.05) is 6.54 Å². The van der Waals surface area contributed by atoms with Crippen molar-refractivity contribution in [3.05, 3.63) is 35.6 Å². The topological polar surface area (TPSA) is 3.24 Å². The van der Waals surface area contributed by atoms with Crippen molar-refractivity contribution in [3.8, 4) is 0 Å². The summed E-state index contributed by atoms with van der Waals surface area (Å²) in [5.41, 5.74) is 4.48. The Morgan fingerprint density at radius 2 is 1.95 bits per heavy atom. The highest BCUT2D eigenvalue weighted by atomic mass is 15.2. The van der Waals surface area contributed by atoms with Crippen LogP contribution in [0.4, 0.5) is 0 Å². The van der Waals surface area contributed by atoms with Crippen LogP contribution in [0, 0.1) is 5.92 Å².